The van der Waals surface area contributed by atoms with Crippen LogP contribution in [0.25, 0.3) is 22.0 Å². The first-order chi connectivity index (χ1) is 10.5. The molecule has 0 unspecified atom stereocenters. The maximum Gasteiger partial charge on any atom is 0.263 e. The molecule has 0 aliphatic carbocycles. The molecule has 0 saturated heterocycles. The number of rotatable bonds is 2. The lowest BCUT2D eigenvalue weighted by atomic mass is 10.0. The molecule has 0 fully saturated rings. The zero-order chi connectivity index (χ0) is 15.9. The van der Waals surface area contributed by atoms with Crippen LogP contribution < -0.4 is 5.56 Å². The van der Waals surface area contributed by atoms with Gasteiger partial charge in [-0.15, -0.1) is 0 Å². The summed E-state index contributed by atoms with van der Waals surface area (Å²) in [5.41, 5.74) is 2.60. The van der Waals surface area contributed by atoms with Crippen LogP contribution in [-0.4, -0.2) is 4.57 Å². The number of fused-ring (bicyclic) bond motifs is 1. The summed E-state index contributed by atoms with van der Waals surface area (Å²) in [5, 5.41) is 1.47. The van der Waals surface area contributed by atoms with E-state index < -0.39 is 0 Å². The van der Waals surface area contributed by atoms with Gasteiger partial charge >= 0.3 is 0 Å². The van der Waals surface area contributed by atoms with Crippen LogP contribution in [-0.2, 0) is 0 Å². The van der Waals surface area contributed by atoms with Crippen molar-refractivity contribution in [1.82, 2.24) is 4.57 Å². The fraction of sp³-hybridized carbons (Fsp3) is 0.105. The molecule has 0 aliphatic rings. The van der Waals surface area contributed by atoms with Gasteiger partial charge in [0.05, 0.1) is 5.69 Å². The highest BCUT2D eigenvalue weighted by atomic mass is 19.1. The van der Waals surface area contributed by atoms with Crippen LogP contribution in [0.1, 0.15) is 18.1 Å². The number of nitrogens with zero attached hydrogens (tertiary/aromatic N) is 1. The Bertz CT molecular complexity index is 953. The quantitative estimate of drug-likeness (QED) is 0.683. The molecule has 0 spiro atoms. The van der Waals surface area contributed by atoms with Gasteiger partial charge in [-0.2, -0.15) is 0 Å². The van der Waals surface area contributed by atoms with E-state index in [2.05, 4.69) is 6.58 Å². The van der Waals surface area contributed by atoms with Crippen LogP contribution in [0.4, 0.5) is 4.39 Å². The second kappa shape index (κ2) is 5.26. The minimum atomic E-state index is -0.325. The molecule has 0 bridgehead atoms. The van der Waals surface area contributed by atoms with Gasteiger partial charge in [-0.3, -0.25) is 9.36 Å². The van der Waals surface area contributed by atoms with Crippen molar-refractivity contribution >= 4 is 16.3 Å². The van der Waals surface area contributed by atoms with E-state index in [1.165, 1.54) is 10.6 Å². The SMILES string of the molecule is C=C(C)c1cn(-c2cccc(F)c2C)c(=O)c2ccccc12. The first kappa shape index (κ1) is 14.3. The summed E-state index contributed by atoms with van der Waals surface area (Å²) in [6, 6.07) is 12.2. The Hall–Kier alpha value is -2.68. The molecule has 22 heavy (non-hydrogen) atoms. The number of benzene rings is 2. The van der Waals surface area contributed by atoms with Gasteiger partial charge in [0.25, 0.3) is 5.56 Å². The van der Waals surface area contributed by atoms with Gasteiger partial charge < -0.3 is 0 Å². The molecule has 2 nitrogen and oxygen atoms in total. The van der Waals surface area contributed by atoms with Gasteiger partial charge in [-0.25, -0.2) is 4.39 Å². The Kier molecular flexibility index (Phi) is 3.41. The van der Waals surface area contributed by atoms with Crippen LogP contribution in [0, 0.1) is 12.7 Å². The first-order valence-electron chi connectivity index (χ1n) is 7.06. The minimum absolute atomic E-state index is 0.158. The summed E-state index contributed by atoms with van der Waals surface area (Å²) >= 11 is 0. The number of allylic oxidation sites excluding steroid dienone is 1. The highest BCUT2D eigenvalue weighted by Gasteiger charge is 2.12. The predicted molar refractivity (Wildman–Crippen MR) is 88.9 cm³/mol. The van der Waals surface area contributed by atoms with Crippen molar-refractivity contribution in [1.29, 1.82) is 0 Å². The third-order valence-electron chi connectivity index (χ3n) is 3.88. The molecule has 1 heterocycles. The summed E-state index contributed by atoms with van der Waals surface area (Å²) in [6.07, 6.45) is 1.74. The molecular formula is C19H16FNO. The summed E-state index contributed by atoms with van der Waals surface area (Å²) in [4.78, 5) is 12.8. The number of hydrogen-bond donors (Lipinski definition) is 0. The van der Waals surface area contributed by atoms with Crippen molar-refractivity contribution in [3.8, 4) is 5.69 Å². The molecule has 110 valence electrons. The zero-order valence-corrected chi connectivity index (χ0v) is 12.6. The van der Waals surface area contributed by atoms with E-state index in [0.29, 0.717) is 16.6 Å². The van der Waals surface area contributed by atoms with E-state index in [4.69, 9.17) is 0 Å². The smallest absolute Gasteiger partial charge is 0.263 e. The standard InChI is InChI=1S/C19H16FNO/c1-12(2)16-11-21(18-10-6-9-17(20)13(18)3)19(22)15-8-5-4-7-14(15)16/h4-11H,1H2,2-3H3. The van der Waals surface area contributed by atoms with Gasteiger partial charge in [-0.05, 0) is 43.0 Å². The van der Waals surface area contributed by atoms with Crippen molar-refractivity contribution in [3.05, 3.63) is 82.5 Å². The van der Waals surface area contributed by atoms with E-state index in [0.717, 1.165) is 16.5 Å². The Labute approximate surface area is 128 Å². The Morgan fingerprint density at radius 2 is 1.77 bits per heavy atom. The van der Waals surface area contributed by atoms with Crippen molar-refractivity contribution in [2.24, 2.45) is 0 Å². The molecule has 3 aromatic rings. The average molecular weight is 293 g/mol. The normalized spacial score (nSPS) is 10.9. The Balaban J connectivity index is 2.45. The van der Waals surface area contributed by atoms with Crippen molar-refractivity contribution in [2.45, 2.75) is 13.8 Å². The highest BCUT2D eigenvalue weighted by Crippen LogP contribution is 2.24. The number of halogens is 1. The third-order valence-corrected chi connectivity index (χ3v) is 3.88. The van der Waals surface area contributed by atoms with Crippen molar-refractivity contribution in [2.75, 3.05) is 0 Å². The topological polar surface area (TPSA) is 22.0 Å². The van der Waals surface area contributed by atoms with Gasteiger partial charge in [0.2, 0.25) is 0 Å². The van der Waals surface area contributed by atoms with Crippen LogP contribution in [0.2, 0.25) is 0 Å². The molecule has 3 heteroatoms. The molecule has 1 aromatic heterocycles. The number of pyridine rings is 1. The van der Waals surface area contributed by atoms with E-state index in [-0.39, 0.29) is 11.4 Å². The van der Waals surface area contributed by atoms with Gasteiger partial charge in [0.15, 0.2) is 0 Å². The predicted octanol–water partition coefficient (Wildman–Crippen LogP) is 4.47. The van der Waals surface area contributed by atoms with E-state index >= 15 is 0 Å². The molecule has 0 saturated carbocycles. The van der Waals surface area contributed by atoms with Crippen molar-refractivity contribution in [3.63, 3.8) is 0 Å². The highest BCUT2D eigenvalue weighted by molar-refractivity contribution is 5.92. The summed E-state index contributed by atoms with van der Waals surface area (Å²) in [6.45, 7) is 7.56. The number of aromatic nitrogens is 1. The zero-order valence-electron chi connectivity index (χ0n) is 12.6. The molecule has 0 aliphatic heterocycles. The fourth-order valence-electron chi connectivity index (χ4n) is 2.67. The summed E-state index contributed by atoms with van der Waals surface area (Å²) in [5.74, 6) is -0.325. The maximum absolute atomic E-state index is 13.8. The molecule has 0 radical (unpaired) electrons. The second-order valence-electron chi connectivity index (χ2n) is 5.43. The van der Waals surface area contributed by atoms with E-state index in [1.54, 1.807) is 31.3 Å². The first-order valence-corrected chi connectivity index (χ1v) is 7.06. The van der Waals surface area contributed by atoms with Crippen LogP contribution in [0.15, 0.2) is 60.0 Å². The van der Waals surface area contributed by atoms with E-state index in [1.807, 2.05) is 25.1 Å². The van der Waals surface area contributed by atoms with Gasteiger partial charge in [0, 0.05) is 22.7 Å². The number of hydrogen-bond acceptors (Lipinski definition) is 1. The fourth-order valence-corrected chi connectivity index (χ4v) is 2.67. The third kappa shape index (κ3) is 2.15. The maximum atomic E-state index is 13.8. The van der Waals surface area contributed by atoms with Crippen LogP contribution in [0.5, 0.6) is 0 Å². The molecule has 0 N–H and O–H groups in total. The van der Waals surface area contributed by atoms with Crippen LogP contribution in [0.3, 0.4) is 0 Å². The van der Waals surface area contributed by atoms with Crippen molar-refractivity contribution < 1.29 is 4.39 Å². The summed E-state index contributed by atoms with van der Waals surface area (Å²) < 4.78 is 15.3. The molecule has 0 amide bonds. The lowest BCUT2D eigenvalue weighted by Gasteiger charge is -2.14. The van der Waals surface area contributed by atoms with Gasteiger partial charge in [0.1, 0.15) is 5.82 Å². The largest absolute Gasteiger partial charge is 0.283 e. The van der Waals surface area contributed by atoms with E-state index in [9.17, 15) is 9.18 Å². The molecule has 2 aromatic carbocycles. The lowest BCUT2D eigenvalue weighted by Crippen LogP contribution is -2.20. The van der Waals surface area contributed by atoms with Gasteiger partial charge in [-0.1, -0.05) is 30.8 Å². The Morgan fingerprint density at radius 3 is 2.45 bits per heavy atom. The Morgan fingerprint density at radius 1 is 1.09 bits per heavy atom. The molecule has 0 atom stereocenters. The van der Waals surface area contributed by atoms with Crippen LogP contribution >= 0.6 is 0 Å². The average Bonchev–Trinajstić information content (AvgIpc) is 2.51. The molecular weight excluding hydrogens is 277 g/mol. The lowest BCUT2D eigenvalue weighted by molar-refractivity contribution is 0.616. The summed E-state index contributed by atoms with van der Waals surface area (Å²) in [7, 11) is 0. The second-order valence-corrected chi connectivity index (χ2v) is 5.43. The minimum Gasteiger partial charge on any atom is -0.283 e. The monoisotopic (exact) mass is 293 g/mol. The molecule has 3 rings (SSSR count).